The molecule has 1 aromatic heterocycles. The van der Waals surface area contributed by atoms with Gasteiger partial charge >= 0.3 is 0 Å². The van der Waals surface area contributed by atoms with Crippen molar-refractivity contribution in [2.45, 2.75) is 51.6 Å². The Hall–Kier alpha value is -2.59. The third-order valence-corrected chi connectivity index (χ3v) is 5.10. The second-order valence-corrected chi connectivity index (χ2v) is 8.43. The summed E-state index contributed by atoms with van der Waals surface area (Å²) < 4.78 is 1.58. The second-order valence-electron chi connectivity index (χ2n) is 8.43. The summed E-state index contributed by atoms with van der Waals surface area (Å²) in [6.45, 7) is 7.64. The predicted molar refractivity (Wildman–Crippen MR) is 112 cm³/mol. The summed E-state index contributed by atoms with van der Waals surface area (Å²) in [5, 5.41) is 9.42. The van der Waals surface area contributed by atoms with Gasteiger partial charge in [-0.15, -0.1) is 0 Å². The van der Waals surface area contributed by atoms with Gasteiger partial charge in [0.2, 0.25) is 11.5 Å². The first kappa shape index (κ1) is 20.2. The Bertz CT molecular complexity index is 970. The van der Waals surface area contributed by atoms with Crippen molar-refractivity contribution in [1.82, 2.24) is 9.55 Å². The first-order chi connectivity index (χ1) is 13.2. The van der Waals surface area contributed by atoms with Gasteiger partial charge in [0, 0.05) is 30.2 Å². The molecule has 2 N–H and O–H groups in total. The van der Waals surface area contributed by atoms with E-state index in [-0.39, 0.29) is 29.0 Å². The number of hydrogen-bond acceptors (Lipinski definition) is 5. The van der Waals surface area contributed by atoms with E-state index in [4.69, 9.17) is 18.6 Å². The number of piperidine rings is 1. The Labute approximate surface area is 167 Å². The van der Waals surface area contributed by atoms with Gasteiger partial charge in [-0.2, -0.15) is 5.26 Å². The van der Waals surface area contributed by atoms with Gasteiger partial charge in [-0.25, -0.2) is 4.98 Å². The molecular formula is C21H26BN5O. The smallest absolute Gasteiger partial charge is 0.248 e. The predicted octanol–water partition coefficient (Wildman–Crippen LogP) is 1.18. The molecule has 2 aromatic rings. The van der Waals surface area contributed by atoms with Crippen LogP contribution in [0.3, 0.4) is 0 Å². The van der Waals surface area contributed by atoms with E-state index < -0.39 is 0 Å². The van der Waals surface area contributed by atoms with Crippen molar-refractivity contribution in [1.29, 1.82) is 5.26 Å². The lowest BCUT2D eigenvalue weighted by Gasteiger charge is -2.34. The average Bonchev–Trinajstić information content (AvgIpc) is 2.65. The van der Waals surface area contributed by atoms with Gasteiger partial charge in [0.1, 0.15) is 7.85 Å². The SMILES string of the molecule is [B]c1c(C(C)(C)C)nc(N2CCC[C@@H](N)C2)n(Cc2ccccc2C#N)c1=O. The van der Waals surface area contributed by atoms with Crippen LogP contribution in [0.25, 0.3) is 0 Å². The van der Waals surface area contributed by atoms with Gasteiger partial charge in [-0.3, -0.25) is 9.36 Å². The molecule has 0 unspecified atom stereocenters. The quantitative estimate of drug-likeness (QED) is 0.814. The molecule has 0 amide bonds. The van der Waals surface area contributed by atoms with Crippen LogP contribution in [0.5, 0.6) is 0 Å². The summed E-state index contributed by atoms with van der Waals surface area (Å²) in [5.74, 6) is 0.576. The number of benzene rings is 1. The molecule has 0 bridgehead atoms. The van der Waals surface area contributed by atoms with Gasteiger partial charge in [-0.1, -0.05) is 39.0 Å². The van der Waals surface area contributed by atoms with E-state index in [0.717, 1.165) is 24.9 Å². The first-order valence-electron chi connectivity index (χ1n) is 9.61. The summed E-state index contributed by atoms with van der Waals surface area (Å²) in [5.41, 5.74) is 7.59. The highest BCUT2D eigenvalue weighted by Crippen LogP contribution is 2.23. The van der Waals surface area contributed by atoms with E-state index in [1.165, 1.54) is 0 Å². The van der Waals surface area contributed by atoms with Crippen LogP contribution in [0.2, 0.25) is 0 Å². The Balaban J connectivity index is 2.18. The number of nitrogens with zero attached hydrogens (tertiary/aromatic N) is 4. The monoisotopic (exact) mass is 375 g/mol. The second kappa shape index (κ2) is 7.80. The molecule has 6 nitrogen and oxygen atoms in total. The molecule has 144 valence electrons. The third-order valence-electron chi connectivity index (χ3n) is 5.10. The molecule has 0 aliphatic carbocycles. The summed E-state index contributed by atoms with van der Waals surface area (Å²) in [7, 11) is 6.22. The minimum atomic E-state index is -0.362. The topological polar surface area (TPSA) is 87.9 Å². The van der Waals surface area contributed by atoms with Crippen LogP contribution in [-0.2, 0) is 12.0 Å². The molecule has 1 aliphatic rings. The Kier molecular flexibility index (Phi) is 5.62. The van der Waals surface area contributed by atoms with Gasteiger partial charge in [-0.05, 0) is 29.9 Å². The fourth-order valence-corrected chi connectivity index (χ4v) is 3.64. The Morgan fingerprint density at radius 1 is 1.36 bits per heavy atom. The largest absolute Gasteiger partial charge is 0.341 e. The lowest BCUT2D eigenvalue weighted by molar-refractivity contribution is 0.486. The normalized spacial score (nSPS) is 17.4. The molecule has 28 heavy (non-hydrogen) atoms. The molecule has 1 saturated heterocycles. The Morgan fingerprint density at radius 2 is 2.07 bits per heavy atom. The maximum absolute atomic E-state index is 13.2. The number of nitrogens with two attached hydrogens (primary N) is 1. The molecule has 0 saturated carbocycles. The van der Waals surface area contributed by atoms with Crippen molar-refractivity contribution in [3.63, 3.8) is 0 Å². The zero-order chi connectivity index (χ0) is 20.5. The number of anilines is 1. The van der Waals surface area contributed by atoms with Crippen LogP contribution in [0.15, 0.2) is 29.1 Å². The highest BCUT2D eigenvalue weighted by Gasteiger charge is 2.27. The summed E-state index contributed by atoms with van der Waals surface area (Å²) in [4.78, 5) is 20.2. The maximum atomic E-state index is 13.2. The fourth-order valence-electron chi connectivity index (χ4n) is 3.64. The number of aromatic nitrogens is 2. The molecule has 2 heterocycles. The molecule has 1 atom stereocenters. The highest BCUT2D eigenvalue weighted by molar-refractivity contribution is 6.33. The maximum Gasteiger partial charge on any atom is 0.248 e. The lowest BCUT2D eigenvalue weighted by atomic mass is 9.82. The highest BCUT2D eigenvalue weighted by atomic mass is 16.1. The molecule has 3 rings (SSSR count). The Morgan fingerprint density at radius 3 is 2.71 bits per heavy atom. The van der Waals surface area contributed by atoms with Crippen molar-refractivity contribution in [2.75, 3.05) is 18.0 Å². The molecule has 7 heteroatoms. The minimum absolute atomic E-state index is 0.0427. The standard InChI is InChI=1S/C21H26BN5O/c1-21(2,3)18-17(22)19(28)27(12-15-8-5-4-7-14(15)11-23)20(25-18)26-10-6-9-16(24)13-26/h4-5,7-8,16H,6,9-10,12-13,24H2,1-3H3/t16-/m1/s1. The van der Waals surface area contributed by atoms with Gasteiger partial charge < -0.3 is 10.6 Å². The van der Waals surface area contributed by atoms with Crippen molar-refractivity contribution in [3.05, 3.63) is 51.4 Å². The molecule has 1 fully saturated rings. The van der Waals surface area contributed by atoms with Gasteiger partial charge in [0.15, 0.2) is 0 Å². The van der Waals surface area contributed by atoms with Gasteiger partial charge in [0.05, 0.1) is 18.2 Å². The van der Waals surface area contributed by atoms with Crippen LogP contribution in [0.4, 0.5) is 5.95 Å². The summed E-state index contributed by atoms with van der Waals surface area (Å²) in [6, 6.07) is 9.50. The summed E-state index contributed by atoms with van der Waals surface area (Å²) in [6.07, 6.45) is 1.90. The number of hydrogen-bond donors (Lipinski definition) is 1. The van der Waals surface area contributed by atoms with Crippen molar-refractivity contribution in [3.8, 4) is 6.07 Å². The summed E-state index contributed by atoms with van der Waals surface area (Å²) >= 11 is 0. The first-order valence-corrected chi connectivity index (χ1v) is 9.61. The van der Waals surface area contributed by atoms with Gasteiger partial charge in [0.25, 0.3) is 0 Å². The van der Waals surface area contributed by atoms with Crippen LogP contribution in [0, 0.1) is 11.3 Å². The zero-order valence-corrected chi connectivity index (χ0v) is 16.8. The molecule has 2 radical (unpaired) electrons. The van der Waals surface area contributed by atoms with Crippen LogP contribution in [-0.4, -0.2) is 36.5 Å². The van der Waals surface area contributed by atoms with E-state index in [1.807, 2.05) is 39.0 Å². The van der Waals surface area contributed by atoms with E-state index in [0.29, 0.717) is 23.8 Å². The fraction of sp³-hybridized carbons (Fsp3) is 0.476. The van der Waals surface area contributed by atoms with E-state index in [2.05, 4.69) is 11.0 Å². The van der Waals surface area contributed by atoms with E-state index >= 15 is 0 Å². The minimum Gasteiger partial charge on any atom is -0.341 e. The van der Waals surface area contributed by atoms with Crippen molar-refractivity contribution in [2.24, 2.45) is 5.73 Å². The van der Waals surface area contributed by atoms with Crippen molar-refractivity contribution >= 4 is 19.3 Å². The van der Waals surface area contributed by atoms with Crippen LogP contribution >= 0.6 is 0 Å². The average molecular weight is 375 g/mol. The lowest BCUT2D eigenvalue weighted by Crippen LogP contribution is -2.49. The van der Waals surface area contributed by atoms with E-state index in [1.54, 1.807) is 10.6 Å². The molecular weight excluding hydrogens is 349 g/mol. The molecule has 1 aromatic carbocycles. The van der Waals surface area contributed by atoms with E-state index in [9.17, 15) is 10.1 Å². The molecule has 0 spiro atoms. The van der Waals surface area contributed by atoms with Crippen LogP contribution < -0.4 is 21.7 Å². The number of rotatable bonds is 3. The number of nitriles is 1. The van der Waals surface area contributed by atoms with Crippen molar-refractivity contribution < 1.29 is 0 Å². The zero-order valence-electron chi connectivity index (χ0n) is 16.8. The third kappa shape index (κ3) is 3.97. The van der Waals surface area contributed by atoms with Crippen LogP contribution in [0.1, 0.15) is 50.4 Å². The molecule has 1 aliphatic heterocycles.